The Morgan fingerprint density at radius 3 is 2.11 bits per heavy atom. The first kappa shape index (κ1) is 15.0. The smallest absolute Gasteiger partial charge is 0.329 e. The van der Waals surface area contributed by atoms with Crippen LogP contribution in [0.5, 0.6) is 0 Å². The second-order valence-electron chi connectivity index (χ2n) is 5.24. The van der Waals surface area contributed by atoms with Crippen molar-refractivity contribution in [1.29, 1.82) is 0 Å². The molecule has 0 unspecified atom stereocenters. The van der Waals surface area contributed by atoms with E-state index in [1.807, 2.05) is 13.8 Å². The second kappa shape index (κ2) is 5.69. The molecule has 1 rings (SSSR count). The van der Waals surface area contributed by atoms with Gasteiger partial charge in [0, 0.05) is 6.54 Å². The van der Waals surface area contributed by atoms with E-state index >= 15 is 0 Å². The molecule has 1 saturated carbocycles. The van der Waals surface area contributed by atoms with E-state index in [9.17, 15) is 14.7 Å². The van der Waals surface area contributed by atoms with Gasteiger partial charge in [0.05, 0.1) is 5.41 Å². The zero-order chi connectivity index (χ0) is 13.8. The fourth-order valence-corrected chi connectivity index (χ4v) is 2.67. The Hall–Kier alpha value is -1.10. The molecule has 0 aromatic carbocycles. The Bertz CT molecular complexity index is 310. The molecule has 1 fully saturated rings. The molecule has 0 spiro atoms. The molecular weight excluding hydrogens is 232 g/mol. The largest absolute Gasteiger partial charge is 0.480 e. The van der Waals surface area contributed by atoms with Gasteiger partial charge >= 0.3 is 5.97 Å². The fraction of sp³-hybridized carbons (Fsp3) is 0.846. The Labute approximate surface area is 108 Å². The van der Waals surface area contributed by atoms with Crippen molar-refractivity contribution in [3.05, 3.63) is 0 Å². The van der Waals surface area contributed by atoms with Gasteiger partial charge in [-0.05, 0) is 25.7 Å². The Balaban J connectivity index is 2.88. The maximum Gasteiger partial charge on any atom is 0.329 e. The molecule has 5 nitrogen and oxygen atoms in total. The van der Waals surface area contributed by atoms with Crippen molar-refractivity contribution in [2.45, 2.75) is 57.9 Å². The van der Waals surface area contributed by atoms with Crippen LogP contribution in [0.1, 0.15) is 52.4 Å². The quantitative estimate of drug-likeness (QED) is 0.667. The van der Waals surface area contributed by atoms with Crippen molar-refractivity contribution < 1.29 is 14.7 Å². The van der Waals surface area contributed by atoms with Crippen molar-refractivity contribution in [1.82, 2.24) is 5.32 Å². The van der Waals surface area contributed by atoms with E-state index in [4.69, 9.17) is 5.73 Å². The third kappa shape index (κ3) is 2.51. The zero-order valence-electron chi connectivity index (χ0n) is 11.3. The monoisotopic (exact) mass is 256 g/mol. The normalized spacial score (nSPS) is 18.6. The van der Waals surface area contributed by atoms with Crippen LogP contribution in [-0.4, -0.2) is 29.1 Å². The van der Waals surface area contributed by atoms with Crippen LogP contribution in [0.15, 0.2) is 0 Å². The molecule has 0 saturated heterocycles. The number of carboxylic acids is 1. The SMILES string of the molecule is CCC(CC)(CN)C(=O)NC1(C(=O)O)CCCC1. The standard InChI is InChI=1S/C13H24N2O3/c1-3-12(4-2,9-14)10(16)15-13(11(17)18)7-5-6-8-13/h3-9,14H2,1-2H3,(H,15,16)(H,17,18). The zero-order valence-corrected chi connectivity index (χ0v) is 11.3. The highest BCUT2D eigenvalue weighted by atomic mass is 16.4. The molecule has 104 valence electrons. The summed E-state index contributed by atoms with van der Waals surface area (Å²) in [4.78, 5) is 23.8. The van der Waals surface area contributed by atoms with Gasteiger partial charge in [0.2, 0.25) is 5.91 Å². The summed E-state index contributed by atoms with van der Waals surface area (Å²) in [5, 5.41) is 12.1. The van der Waals surface area contributed by atoms with E-state index in [1.54, 1.807) is 0 Å². The van der Waals surface area contributed by atoms with Gasteiger partial charge in [0.25, 0.3) is 0 Å². The van der Waals surface area contributed by atoms with Crippen molar-refractivity contribution in [3.63, 3.8) is 0 Å². The lowest BCUT2D eigenvalue weighted by Crippen LogP contribution is -2.58. The highest BCUT2D eigenvalue weighted by molar-refractivity contribution is 5.90. The van der Waals surface area contributed by atoms with Gasteiger partial charge in [0.1, 0.15) is 5.54 Å². The molecule has 0 atom stereocenters. The number of aliphatic carboxylic acids is 1. The molecule has 18 heavy (non-hydrogen) atoms. The minimum absolute atomic E-state index is 0.209. The third-order valence-corrected chi connectivity index (χ3v) is 4.45. The minimum Gasteiger partial charge on any atom is -0.480 e. The number of amides is 1. The number of hydrogen-bond acceptors (Lipinski definition) is 3. The van der Waals surface area contributed by atoms with E-state index in [2.05, 4.69) is 5.32 Å². The van der Waals surface area contributed by atoms with Crippen LogP contribution in [0.2, 0.25) is 0 Å². The highest BCUT2D eigenvalue weighted by Crippen LogP contribution is 2.33. The van der Waals surface area contributed by atoms with Gasteiger partial charge in [-0.1, -0.05) is 26.7 Å². The summed E-state index contributed by atoms with van der Waals surface area (Å²) < 4.78 is 0. The lowest BCUT2D eigenvalue weighted by Gasteiger charge is -2.34. The molecule has 1 amide bonds. The maximum absolute atomic E-state index is 12.4. The Morgan fingerprint density at radius 1 is 1.28 bits per heavy atom. The highest BCUT2D eigenvalue weighted by Gasteiger charge is 2.46. The van der Waals surface area contributed by atoms with Gasteiger partial charge in [-0.2, -0.15) is 0 Å². The van der Waals surface area contributed by atoms with Crippen molar-refractivity contribution in [3.8, 4) is 0 Å². The number of nitrogens with two attached hydrogens (primary N) is 1. The second-order valence-corrected chi connectivity index (χ2v) is 5.24. The van der Waals surface area contributed by atoms with Crippen LogP contribution in [0.4, 0.5) is 0 Å². The number of nitrogens with one attached hydrogen (secondary N) is 1. The molecule has 0 aromatic heterocycles. The van der Waals surface area contributed by atoms with Crippen molar-refractivity contribution >= 4 is 11.9 Å². The molecule has 5 heteroatoms. The Morgan fingerprint density at radius 2 is 1.78 bits per heavy atom. The number of hydrogen-bond donors (Lipinski definition) is 3. The molecule has 1 aliphatic rings. The molecule has 1 aliphatic carbocycles. The number of carbonyl (C=O) groups is 2. The van der Waals surface area contributed by atoms with E-state index in [1.165, 1.54) is 0 Å². The predicted molar refractivity (Wildman–Crippen MR) is 69.0 cm³/mol. The van der Waals surface area contributed by atoms with Crippen LogP contribution in [-0.2, 0) is 9.59 Å². The molecule has 0 aromatic rings. The van der Waals surface area contributed by atoms with Gasteiger partial charge < -0.3 is 16.2 Å². The lowest BCUT2D eigenvalue weighted by atomic mass is 9.80. The van der Waals surface area contributed by atoms with Crippen LogP contribution in [0.25, 0.3) is 0 Å². The first-order valence-corrected chi connectivity index (χ1v) is 6.72. The maximum atomic E-state index is 12.4. The molecule has 0 bridgehead atoms. The number of rotatable bonds is 6. The van der Waals surface area contributed by atoms with Crippen LogP contribution < -0.4 is 11.1 Å². The topological polar surface area (TPSA) is 92.4 Å². The van der Waals surface area contributed by atoms with Crippen LogP contribution >= 0.6 is 0 Å². The molecule has 4 N–H and O–H groups in total. The summed E-state index contributed by atoms with van der Waals surface area (Å²) >= 11 is 0. The summed E-state index contributed by atoms with van der Waals surface area (Å²) in [5.41, 5.74) is 4.01. The van der Waals surface area contributed by atoms with E-state index in [-0.39, 0.29) is 12.5 Å². The van der Waals surface area contributed by atoms with Gasteiger partial charge in [-0.25, -0.2) is 4.79 Å². The fourth-order valence-electron chi connectivity index (χ4n) is 2.67. The predicted octanol–water partition coefficient (Wildman–Crippen LogP) is 1.27. The van der Waals surface area contributed by atoms with Gasteiger partial charge in [-0.15, -0.1) is 0 Å². The summed E-state index contributed by atoms with van der Waals surface area (Å²) in [7, 11) is 0. The van der Waals surface area contributed by atoms with Crippen LogP contribution in [0.3, 0.4) is 0 Å². The summed E-state index contributed by atoms with van der Waals surface area (Å²) in [5.74, 6) is -1.13. The number of carboxylic acid groups (broad SMARTS) is 1. The van der Waals surface area contributed by atoms with Crippen molar-refractivity contribution in [2.75, 3.05) is 6.54 Å². The molecular formula is C13H24N2O3. The van der Waals surface area contributed by atoms with E-state index in [0.29, 0.717) is 25.7 Å². The first-order valence-electron chi connectivity index (χ1n) is 6.72. The number of carbonyl (C=O) groups excluding carboxylic acids is 1. The average molecular weight is 256 g/mol. The lowest BCUT2D eigenvalue weighted by molar-refractivity contribution is -0.149. The van der Waals surface area contributed by atoms with Crippen molar-refractivity contribution in [2.24, 2.45) is 11.1 Å². The summed E-state index contributed by atoms with van der Waals surface area (Å²) in [6, 6.07) is 0. The Kier molecular flexibility index (Phi) is 4.73. The third-order valence-electron chi connectivity index (χ3n) is 4.45. The molecule has 0 aliphatic heterocycles. The van der Waals surface area contributed by atoms with E-state index < -0.39 is 16.9 Å². The average Bonchev–Trinajstić information content (AvgIpc) is 2.82. The van der Waals surface area contributed by atoms with E-state index in [0.717, 1.165) is 12.8 Å². The summed E-state index contributed by atoms with van der Waals surface area (Å²) in [6.45, 7) is 4.08. The van der Waals surface area contributed by atoms with Crippen LogP contribution in [0, 0.1) is 5.41 Å². The summed E-state index contributed by atoms with van der Waals surface area (Å²) in [6.07, 6.45) is 3.98. The first-order chi connectivity index (χ1) is 8.46. The van der Waals surface area contributed by atoms with Gasteiger partial charge in [-0.3, -0.25) is 4.79 Å². The molecule has 0 radical (unpaired) electrons. The molecule has 0 heterocycles. The minimum atomic E-state index is -1.07. The van der Waals surface area contributed by atoms with Gasteiger partial charge in [0.15, 0.2) is 0 Å².